The molecule has 2 aromatic heterocycles. The third-order valence-electron chi connectivity index (χ3n) is 1.92. The molecule has 0 aliphatic carbocycles. The Morgan fingerprint density at radius 1 is 1.50 bits per heavy atom. The lowest BCUT2D eigenvalue weighted by molar-refractivity contribution is 0.296. The first-order chi connectivity index (χ1) is 7.90. The predicted octanol–water partition coefficient (Wildman–Crippen LogP) is 1.26. The molecule has 2 aromatic rings. The summed E-state index contributed by atoms with van der Waals surface area (Å²) in [4.78, 5) is 1.23. The number of aromatic nitrogens is 4. The molecule has 0 radical (unpaired) electrons. The van der Waals surface area contributed by atoms with Crippen molar-refractivity contribution in [2.24, 2.45) is 0 Å². The van der Waals surface area contributed by atoms with Crippen molar-refractivity contribution in [1.82, 2.24) is 20.2 Å². The molecule has 0 aliphatic heterocycles. The number of aliphatic hydroxyl groups excluding tert-OH is 1. The van der Waals surface area contributed by atoms with E-state index in [1.807, 2.05) is 11.4 Å². The van der Waals surface area contributed by atoms with E-state index in [0.717, 1.165) is 17.3 Å². The first-order valence-electron chi connectivity index (χ1n) is 4.92. The Bertz CT molecular complexity index is 415. The minimum absolute atomic E-state index is 0.208. The van der Waals surface area contributed by atoms with Crippen LogP contribution in [-0.2, 0) is 6.54 Å². The summed E-state index contributed by atoms with van der Waals surface area (Å²) in [5.41, 5.74) is 0. The van der Waals surface area contributed by atoms with Gasteiger partial charge >= 0.3 is 0 Å². The van der Waals surface area contributed by atoms with Gasteiger partial charge in [0.15, 0.2) is 0 Å². The summed E-state index contributed by atoms with van der Waals surface area (Å²) >= 11 is 3.26. The van der Waals surface area contributed by atoms with Gasteiger partial charge in [0.1, 0.15) is 0 Å². The van der Waals surface area contributed by atoms with Gasteiger partial charge in [-0.3, -0.25) is 0 Å². The Labute approximate surface area is 101 Å². The molecule has 1 N–H and O–H groups in total. The van der Waals surface area contributed by atoms with E-state index >= 15 is 0 Å². The van der Waals surface area contributed by atoms with Crippen LogP contribution >= 0.6 is 23.1 Å². The molecule has 5 nitrogen and oxygen atoms in total. The van der Waals surface area contributed by atoms with E-state index < -0.39 is 0 Å². The molecular weight excluding hydrogens is 244 g/mol. The van der Waals surface area contributed by atoms with Crippen LogP contribution in [0.15, 0.2) is 22.7 Å². The van der Waals surface area contributed by atoms with Gasteiger partial charge in [0.2, 0.25) is 5.16 Å². The highest BCUT2D eigenvalue weighted by Crippen LogP contribution is 2.17. The Morgan fingerprint density at radius 2 is 2.44 bits per heavy atom. The van der Waals surface area contributed by atoms with E-state index in [4.69, 9.17) is 5.11 Å². The third kappa shape index (κ3) is 3.03. The van der Waals surface area contributed by atoms with Gasteiger partial charge in [0.05, 0.1) is 6.54 Å². The summed E-state index contributed by atoms with van der Waals surface area (Å²) in [5, 5.41) is 23.1. The van der Waals surface area contributed by atoms with Crippen molar-refractivity contribution in [3.63, 3.8) is 0 Å². The van der Waals surface area contributed by atoms with Crippen LogP contribution in [0.2, 0.25) is 0 Å². The zero-order chi connectivity index (χ0) is 11.2. The van der Waals surface area contributed by atoms with Crippen LogP contribution in [0.1, 0.15) is 11.3 Å². The average Bonchev–Trinajstić information content (AvgIpc) is 2.92. The first-order valence-corrected chi connectivity index (χ1v) is 6.79. The van der Waals surface area contributed by atoms with Crippen LogP contribution in [0.3, 0.4) is 0 Å². The molecule has 0 saturated heterocycles. The number of rotatable bonds is 6. The molecule has 2 rings (SSSR count). The molecule has 0 bridgehead atoms. The number of hydrogen-bond acceptors (Lipinski definition) is 6. The van der Waals surface area contributed by atoms with E-state index in [1.165, 1.54) is 4.88 Å². The maximum Gasteiger partial charge on any atom is 0.209 e. The maximum absolute atomic E-state index is 8.70. The molecular formula is C9H12N4OS2. The summed E-state index contributed by atoms with van der Waals surface area (Å²) in [7, 11) is 0. The molecule has 2 heterocycles. The van der Waals surface area contributed by atoms with Crippen molar-refractivity contribution in [3.05, 3.63) is 22.4 Å². The van der Waals surface area contributed by atoms with Gasteiger partial charge in [-0.15, -0.1) is 16.4 Å². The SMILES string of the molecule is OCCCSc1nnnn1Cc1cccs1. The maximum atomic E-state index is 8.70. The topological polar surface area (TPSA) is 63.8 Å². The zero-order valence-corrected chi connectivity index (χ0v) is 10.2. The summed E-state index contributed by atoms with van der Waals surface area (Å²) in [6.07, 6.45) is 0.760. The molecule has 0 saturated carbocycles. The number of nitrogens with zero attached hydrogens (tertiary/aromatic N) is 4. The Hall–Kier alpha value is -0.920. The largest absolute Gasteiger partial charge is 0.396 e. The predicted molar refractivity (Wildman–Crippen MR) is 63.7 cm³/mol. The standard InChI is InChI=1S/C9H12N4OS2/c14-4-2-6-16-9-10-11-12-13(9)7-8-3-1-5-15-8/h1,3,5,14H,2,4,6-7H2. The highest BCUT2D eigenvalue weighted by Gasteiger charge is 2.07. The van der Waals surface area contributed by atoms with Gasteiger partial charge in [-0.25, -0.2) is 4.68 Å². The molecule has 16 heavy (non-hydrogen) atoms. The summed E-state index contributed by atoms with van der Waals surface area (Å²) < 4.78 is 1.79. The van der Waals surface area contributed by atoms with Gasteiger partial charge in [-0.05, 0) is 28.3 Å². The molecule has 0 spiro atoms. The Kier molecular flexibility index (Phi) is 4.32. The minimum Gasteiger partial charge on any atom is -0.396 e. The molecule has 0 unspecified atom stereocenters. The van der Waals surface area contributed by atoms with Gasteiger partial charge in [0.25, 0.3) is 0 Å². The van der Waals surface area contributed by atoms with E-state index in [9.17, 15) is 0 Å². The quantitative estimate of drug-likeness (QED) is 0.622. The van der Waals surface area contributed by atoms with Crippen LogP contribution in [0, 0.1) is 0 Å². The van der Waals surface area contributed by atoms with Crippen LogP contribution in [0.4, 0.5) is 0 Å². The summed E-state index contributed by atoms with van der Waals surface area (Å²) in [6, 6.07) is 4.08. The first kappa shape index (κ1) is 11.6. The molecule has 0 fully saturated rings. The second-order valence-electron chi connectivity index (χ2n) is 3.12. The van der Waals surface area contributed by atoms with Crippen LogP contribution in [-0.4, -0.2) is 37.7 Å². The number of tetrazole rings is 1. The molecule has 0 atom stereocenters. The lowest BCUT2D eigenvalue weighted by atomic mass is 10.5. The van der Waals surface area contributed by atoms with Crippen LogP contribution in [0.25, 0.3) is 0 Å². The second kappa shape index (κ2) is 5.97. The summed E-state index contributed by atoms with van der Waals surface area (Å²) in [5.74, 6) is 0.835. The van der Waals surface area contributed by atoms with Crippen molar-refractivity contribution in [2.75, 3.05) is 12.4 Å². The zero-order valence-electron chi connectivity index (χ0n) is 8.61. The van der Waals surface area contributed by atoms with E-state index in [0.29, 0.717) is 6.54 Å². The average molecular weight is 256 g/mol. The molecule has 0 aliphatic rings. The van der Waals surface area contributed by atoms with Crippen molar-refractivity contribution in [3.8, 4) is 0 Å². The van der Waals surface area contributed by atoms with E-state index in [1.54, 1.807) is 27.8 Å². The van der Waals surface area contributed by atoms with Gasteiger partial charge in [-0.1, -0.05) is 17.8 Å². The van der Waals surface area contributed by atoms with Crippen molar-refractivity contribution < 1.29 is 5.11 Å². The molecule has 0 aromatic carbocycles. The molecule has 0 amide bonds. The van der Waals surface area contributed by atoms with Crippen molar-refractivity contribution >= 4 is 23.1 Å². The van der Waals surface area contributed by atoms with E-state index in [2.05, 4.69) is 21.6 Å². The number of thiophene rings is 1. The number of hydrogen-bond donors (Lipinski definition) is 1. The smallest absolute Gasteiger partial charge is 0.209 e. The van der Waals surface area contributed by atoms with Crippen LogP contribution in [0.5, 0.6) is 0 Å². The minimum atomic E-state index is 0.208. The number of aliphatic hydroxyl groups is 1. The fraction of sp³-hybridized carbons (Fsp3) is 0.444. The van der Waals surface area contributed by atoms with Gasteiger partial charge in [-0.2, -0.15) is 0 Å². The Morgan fingerprint density at radius 3 is 3.19 bits per heavy atom. The Balaban J connectivity index is 1.96. The van der Waals surface area contributed by atoms with Crippen LogP contribution < -0.4 is 0 Å². The fourth-order valence-corrected chi connectivity index (χ4v) is 2.66. The monoisotopic (exact) mass is 256 g/mol. The lowest BCUT2D eigenvalue weighted by Gasteiger charge is -2.01. The van der Waals surface area contributed by atoms with E-state index in [-0.39, 0.29) is 6.61 Å². The van der Waals surface area contributed by atoms with Crippen molar-refractivity contribution in [1.29, 1.82) is 0 Å². The fourth-order valence-electron chi connectivity index (χ4n) is 1.18. The molecule has 86 valence electrons. The highest BCUT2D eigenvalue weighted by atomic mass is 32.2. The third-order valence-corrected chi connectivity index (χ3v) is 3.82. The molecule has 7 heteroatoms. The van der Waals surface area contributed by atoms with Crippen molar-refractivity contribution in [2.45, 2.75) is 18.1 Å². The normalized spacial score (nSPS) is 10.8. The summed E-state index contributed by atoms with van der Waals surface area (Å²) in [6.45, 7) is 0.922. The van der Waals surface area contributed by atoms with Gasteiger partial charge in [0, 0.05) is 17.2 Å². The van der Waals surface area contributed by atoms with Gasteiger partial charge < -0.3 is 5.11 Å². The number of thioether (sulfide) groups is 1. The second-order valence-corrected chi connectivity index (χ2v) is 5.22. The lowest BCUT2D eigenvalue weighted by Crippen LogP contribution is -2.02. The highest BCUT2D eigenvalue weighted by molar-refractivity contribution is 7.99.